The first-order valence-electron chi connectivity index (χ1n) is 6.94. The average Bonchev–Trinajstić information content (AvgIpc) is 2.48. The number of carbonyl (C=O) groups is 1. The normalized spacial score (nSPS) is 17.7. The van der Waals surface area contributed by atoms with E-state index in [-0.39, 0.29) is 24.4 Å². The van der Waals surface area contributed by atoms with Gasteiger partial charge in [-0.25, -0.2) is 0 Å². The first-order chi connectivity index (χ1) is 9.70. The van der Waals surface area contributed by atoms with Crippen LogP contribution in [0.1, 0.15) is 11.1 Å². The molecular formula is C15H23ClN2O3. The van der Waals surface area contributed by atoms with Crippen molar-refractivity contribution < 1.29 is 14.3 Å². The highest BCUT2D eigenvalue weighted by molar-refractivity contribution is 5.85. The Bertz CT molecular complexity index is 462. The zero-order valence-corrected chi connectivity index (χ0v) is 13.3. The summed E-state index contributed by atoms with van der Waals surface area (Å²) in [6.07, 6.45) is 0.375. The standard InChI is InChI=1S/C15H22N2O3.ClH/c1-11-3-4-13(19-2)12(9-11)5-6-17-15(18)14-10-16-7-8-20-14;/h3-4,9,14,16H,5-8,10H2,1-2H3,(H,17,18);1H. The highest BCUT2D eigenvalue weighted by Crippen LogP contribution is 2.19. The van der Waals surface area contributed by atoms with Crippen LogP contribution < -0.4 is 15.4 Å². The largest absolute Gasteiger partial charge is 0.496 e. The van der Waals surface area contributed by atoms with Gasteiger partial charge in [-0.05, 0) is 25.0 Å². The molecule has 1 aromatic carbocycles. The summed E-state index contributed by atoms with van der Waals surface area (Å²) in [4.78, 5) is 11.9. The van der Waals surface area contributed by atoms with Crippen molar-refractivity contribution in [2.75, 3.05) is 33.4 Å². The maximum Gasteiger partial charge on any atom is 0.250 e. The minimum atomic E-state index is -0.372. The van der Waals surface area contributed by atoms with Crippen molar-refractivity contribution in [3.63, 3.8) is 0 Å². The molecule has 6 heteroatoms. The number of halogens is 1. The molecule has 1 heterocycles. The second-order valence-corrected chi connectivity index (χ2v) is 4.92. The quantitative estimate of drug-likeness (QED) is 0.853. The van der Waals surface area contributed by atoms with Gasteiger partial charge < -0.3 is 20.1 Å². The average molecular weight is 315 g/mol. The molecule has 1 aromatic rings. The van der Waals surface area contributed by atoms with Gasteiger partial charge >= 0.3 is 0 Å². The van der Waals surface area contributed by atoms with Crippen molar-refractivity contribution in [2.24, 2.45) is 0 Å². The molecule has 0 spiro atoms. The number of rotatable bonds is 5. The van der Waals surface area contributed by atoms with Gasteiger partial charge in [-0.15, -0.1) is 12.4 Å². The van der Waals surface area contributed by atoms with Crippen LogP contribution in [0, 0.1) is 6.92 Å². The van der Waals surface area contributed by atoms with Crippen LogP contribution in [0.25, 0.3) is 0 Å². The van der Waals surface area contributed by atoms with Crippen LogP contribution in [0.4, 0.5) is 0 Å². The molecule has 1 fully saturated rings. The van der Waals surface area contributed by atoms with Crippen LogP contribution in [0.5, 0.6) is 5.75 Å². The van der Waals surface area contributed by atoms with Gasteiger partial charge in [-0.1, -0.05) is 17.7 Å². The zero-order chi connectivity index (χ0) is 14.4. The van der Waals surface area contributed by atoms with E-state index in [1.54, 1.807) is 7.11 Å². The smallest absolute Gasteiger partial charge is 0.250 e. The molecule has 1 saturated heterocycles. The first-order valence-corrected chi connectivity index (χ1v) is 6.94. The van der Waals surface area contributed by atoms with Crippen LogP contribution in [-0.4, -0.2) is 45.4 Å². The molecule has 5 nitrogen and oxygen atoms in total. The molecule has 0 bridgehead atoms. The molecular weight excluding hydrogens is 292 g/mol. The Hall–Kier alpha value is -1.30. The number of morpholine rings is 1. The van der Waals surface area contributed by atoms with Crippen molar-refractivity contribution in [1.29, 1.82) is 0 Å². The number of amides is 1. The summed E-state index contributed by atoms with van der Waals surface area (Å²) in [6, 6.07) is 6.06. The number of benzene rings is 1. The predicted octanol–water partition coefficient (Wildman–Crippen LogP) is 1.07. The molecule has 1 aliphatic rings. The molecule has 1 amide bonds. The highest BCUT2D eigenvalue weighted by atomic mass is 35.5. The number of hydrogen-bond acceptors (Lipinski definition) is 4. The molecule has 118 valence electrons. The summed E-state index contributed by atoms with van der Waals surface area (Å²) < 4.78 is 10.7. The number of aryl methyl sites for hydroxylation is 1. The van der Waals surface area contributed by atoms with Crippen LogP contribution in [0.3, 0.4) is 0 Å². The summed E-state index contributed by atoms with van der Waals surface area (Å²) in [7, 11) is 1.66. The van der Waals surface area contributed by atoms with Crippen molar-refractivity contribution in [2.45, 2.75) is 19.4 Å². The van der Waals surface area contributed by atoms with E-state index in [0.29, 0.717) is 19.7 Å². The molecule has 0 radical (unpaired) electrons. The Morgan fingerprint density at radius 1 is 1.52 bits per heavy atom. The van der Waals surface area contributed by atoms with Gasteiger partial charge in [0, 0.05) is 19.6 Å². The fraction of sp³-hybridized carbons (Fsp3) is 0.533. The summed E-state index contributed by atoms with van der Waals surface area (Å²) in [5.74, 6) is 0.809. The molecule has 21 heavy (non-hydrogen) atoms. The van der Waals surface area contributed by atoms with Gasteiger partial charge in [-0.3, -0.25) is 4.79 Å². The summed E-state index contributed by atoms with van der Waals surface area (Å²) >= 11 is 0. The van der Waals surface area contributed by atoms with Gasteiger partial charge in [0.2, 0.25) is 5.91 Å². The molecule has 1 atom stereocenters. The van der Waals surface area contributed by atoms with Gasteiger partial charge in [0.05, 0.1) is 13.7 Å². The van der Waals surface area contributed by atoms with Crippen LogP contribution in [0.15, 0.2) is 18.2 Å². The molecule has 2 N–H and O–H groups in total. The first kappa shape index (κ1) is 17.8. The highest BCUT2D eigenvalue weighted by Gasteiger charge is 2.21. The molecule has 0 saturated carbocycles. The Kier molecular flexibility index (Phi) is 7.50. The molecule has 2 rings (SSSR count). The Balaban J connectivity index is 0.00000220. The number of hydrogen-bond donors (Lipinski definition) is 2. The maximum absolute atomic E-state index is 11.9. The van der Waals surface area contributed by atoms with E-state index in [0.717, 1.165) is 24.3 Å². The minimum Gasteiger partial charge on any atom is -0.496 e. The predicted molar refractivity (Wildman–Crippen MR) is 84.3 cm³/mol. The van der Waals surface area contributed by atoms with E-state index in [1.807, 2.05) is 19.1 Å². The second kappa shape index (κ2) is 8.87. The Morgan fingerprint density at radius 2 is 2.33 bits per heavy atom. The number of nitrogens with one attached hydrogen (secondary N) is 2. The van der Waals surface area contributed by atoms with Crippen molar-refractivity contribution >= 4 is 18.3 Å². The van der Waals surface area contributed by atoms with Crippen LogP contribution in [-0.2, 0) is 16.0 Å². The van der Waals surface area contributed by atoms with E-state index in [1.165, 1.54) is 5.56 Å². The van der Waals surface area contributed by atoms with E-state index in [4.69, 9.17) is 9.47 Å². The van der Waals surface area contributed by atoms with E-state index in [2.05, 4.69) is 16.7 Å². The summed E-state index contributed by atoms with van der Waals surface area (Å²) in [5.41, 5.74) is 2.29. The lowest BCUT2D eigenvalue weighted by atomic mass is 10.1. The second-order valence-electron chi connectivity index (χ2n) is 4.92. The fourth-order valence-corrected chi connectivity index (χ4v) is 2.27. The third-order valence-electron chi connectivity index (χ3n) is 3.35. The number of ether oxygens (including phenoxy) is 2. The van der Waals surface area contributed by atoms with Crippen LogP contribution in [0.2, 0.25) is 0 Å². The van der Waals surface area contributed by atoms with Crippen molar-refractivity contribution in [1.82, 2.24) is 10.6 Å². The number of carbonyl (C=O) groups excluding carboxylic acids is 1. The van der Waals surface area contributed by atoms with E-state index >= 15 is 0 Å². The Labute approximate surface area is 131 Å². The zero-order valence-electron chi connectivity index (χ0n) is 12.5. The molecule has 1 aliphatic heterocycles. The Morgan fingerprint density at radius 3 is 3.00 bits per heavy atom. The minimum absolute atomic E-state index is 0. The van der Waals surface area contributed by atoms with Crippen molar-refractivity contribution in [3.05, 3.63) is 29.3 Å². The maximum atomic E-state index is 11.9. The third kappa shape index (κ3) is 5.19. The lowest BCUT2D eigenvalue weighted by Crippen LogP contribution is -2.48. The number of methoxy groups -OCH3 is 1. The van der Waals surface area contributed by atoms with Crippen molar-refractivity contribution in [3.8, 4) is 5.75 Å². The van der Waals surface area contributed by atoms with Gasteiger partial charge in [0.1, 0.15) is 11.9 Å². The fourth-order valence-electron chi connectivity index (χ4n) is 2.27. The summed E-state index contributed by atoms with van der Waals surface area (Å²) in [6.45, 7) is 4.61. The van der Waals surface area contributed by atoms with E-state index < -0.39 is 0 Å². The SMILES string of the molecule is COc1ccc(C)cc1CCNC(=O)C1CNCCO1.Cl. The van der Waals surface area contributed by atoms with Crippen LogP contribution >= 0.6 is 12.4 Å². The molecule has 0 aromatic heterocycles. The lowest BCUT2D eigenvalue weighted by molar-refractivity contribution is -0.134. The lowest BCUT2D eigenvalue weighted by Gasteiger charge is -2.22. The topological polar surface area (TPSA) is 59.6 Å². The summed E-state index contributed by atoms with van der Waals surface area (Å²) in [5, 5.41) is 6.06. The third-order valence-corrected chi connectivity index (χ3v) is 3.35. The van der Waals surface area contributed by atoms with Gasteiger partial charge in [0.15, 0.2) is 0 Å². The monoisotopic (exact) mass is 314 g/mol. The van der Waals surface area contributed by atoms with Gasteiger partial charge in [0.25, 0.3) is 0 Å². The van der Waals surface area contributed by atoms with E-state index in [9.17, 15) is 4.79 Å². The molecule has 0 aliphatic carbocycles. The molecule has 1 unspecified atom stereocenters. The van der Waals surface area contributed by atoms with Gasteiger partial charge in [-0.2, -0.15) is 0 Å².